The molecule has 0 aromatic heterocycles. The third kappa shape index (κ3) is 9.45. The summed E-state index contributed by atoms with van der Waals surface area (Å²) in [6.07, 6.45) is 2.83. The standard InChI is InChI=1S/C10H20N2/c1-10(2,3)9-12-8-6-4-5-7-11/h12H,4-6,8-9H2,1-3H3. The highest BCUT2D eigenvalue weighted by atomic mass is 14.9. The average molecular weight is 168 g/mol. The number of unbranched alkanes of at least 4 members (excludes halogenated alkanes) is 2. The predicted octanol–water partition coefficient (Wildman–Crippen LogP) is 2.32. The summed E-state index contributed by atoms with van der Waals surface area (Å²) in [7, 11) is 0. The molecule has 0 saturated carbocycles. The summed E-state index contributed by atoms with van der Waals surface area (Å²) in [4.78, 5) is 0. The highest BCUT2D eigenvalue weighted by molar-refractivity contribution is 4.69. The molecule has 12 heavy (non-hydrogen) atoms. The molecule has 0 atom stereocenters. The molecular weight excluding hydrogens is 148 g/mol. The summed E-state index contributed by atoms with van der Waals surface area (Å²) >= 11 is 0. The Labute approximate surface area is 76.0 Å². The summed E-state index contributed by atoms with van der Waals surface area (Å²) in [6, 6.07) is 2.15. The largest absolute Gasteiger partial charge is 0.316 e. The second-order valence-electron chi connectivity index (χ2n) is 4.35. The van der Waals surface area contributed by atoms with Gasteiger partial charge < -0.3 is 5.32 Å². The third-order valence-corrected chi connectivity index (χ3v) is 1.55. The zero-order valence-corrected chi connectivity index (χ0v) is 8.48. The summed E-state index contributed by atoms with van der Waals surface area (Å²) in [6.45, 7) is 8.75. The molecule has 1 N–H and O–H groups in total. The first kappa shape index (κ1) is 11.4. The smallest absolute Gasteiger partial charge is 0.0621 e. The van der Waals surface area contributed by atoms with Crippen molar-refractivity contribution in [2.24, 2.45) is 5.41 Å². The van der Waals surface area contributed by atoms with Gasteiger partial charge in [-0.15, -0.1) is 0 Å². The Morgan fingerprint density at radius 2 is 1.92 bits per heavy atom. The van der Waals surface area contributed by atoms with Crippen LogP contribution in [0.15, 0.2) is 0 Å². The molecular formula is C10H20N2. The fraction of sp³-hybridized carbons (Fsp3) is 0.900. The van der Waals surface area contributed by atoms with Crippen molar-refractivity contribution in [2.75, 3.05) is 13.1 Å². The van der Waals surface area contributed by atoms with Crippen LogP contribution in [-0.4, -0.2) is 13.1 Å². The molecule has 0 bridgehead atoms. The van der Waals surface area contributed by atoms with E-state index in [4.69, 9.17) is 5.26 Å². The Morgan fingerprint density at radius 3 is 2.42 bits per heavy atom. The molecule has 0 aliphatic heterocycles. The maximum Gasteiger partial charge on any atom is 0.0621 e. The van der Waals surface area contributed by atoms with Crippen molar-refractivity contribution in [3.8, 4) is 6.07 Å². The number of hydrogen-bond donors (Lipinski definition) is 1. The molecule has 0 saturated heterocycles. The van der Waals surface area contributed by atoms with E-state index in [1.807, 2.05) is 0 Å². The molecule has 0 fully saturated rings. The van der Waals surface area contributed by atoms with Crippen LogP contribution < -0.4 is 5.32 Å². The maximum absolute atomic E-state index is 8.28. The number of nitriles is 1. The van der Waals surface area contributed by atoms with Crippen molar-refractivity contribution < 1.29 is 0 Å². The Hall–Kier alpha value is -0.550. The summed E-state index contributed by atoms with van der Waals surface area (Å²) in [5.41, 5.74) is 0.370. The number of nitrogens with one attached hydrogen (secondary N) is 1. The van der Waals surface area contributed by atoms with Crippen LogP contribution in [0.5, 0.6) is 0 Å². The van der Waals surface area contributed by atoms with Gasteiger partial charge in [0.25, 0.3) is 0 Å². The molecule has 0 aliphatic carbocycles. The number of hydrogen-bond acceptors (Lipinski definition) is 2. The van der Waals surface area contributed by atoms with Crippen LogP contribution in [0.4, 0.5) is 0 Å². The van der Waals surface area contributed by atoms with Crippen LogP contribution in [0.3, 0.4) is 0 Å². The van der Waals surface area contributed by atoms with Crippen molar-refractivity contribution in [3.63, 3.8) is 0 Å². The zero-order chi connectivity index (χ0) is 9.45. The normalized spacial score (nSPS) is 11.2. The van der Waals surface area contributed by atoms with E-state index in [1.165, 1.54) is 0 Å². The molecule has 0 rings (SSSR count). The number of nitrogens with zero attached hydrogens (tertiary/aromatic N) is 1. The molecule has 0 aromatic carbocycles. The van der Waals surface area contributed by atoms with Gasteiger partial charge in [-0.25, -0.2) is 0 Å². The third-order valence-electron chi connectivity index (χ3n) is 1.55. The van der Waals surface area contributed by atoms with Gasteiger partial charge in [-0.2, -0.15) is 5.26 Å². The van der Waals surface area contributed by atoms with Crippen molar-refractivity contribution >= 4 is 0 Å². The van der Waals surface area contributed by atoms with Crippen LogP contribution >= 0.6 is 0 Å². The topological polar surface area (TPSA) is 35.8 Å². The first-order valence-electron chi connectivity index (χ1n) is 4.64. The monoisotopic (exact) mass is 168 g/mol. The number of rotatable bonds is 5. The Bertz CT molecular complexity index is 139. The quantitative estimate of drug-likeness (QED) is 0.639. The molecule has 0 unspecified atom stereocenters. The van der Waals surface area contributed by atoms with Crippen molar-refractivity contribution in [1.82, 2.24) is 5.32 Å². The lowest BCUT2D eigenvalue weighted by Crippen LogP contribution is -2.27. The van der Waals surface area contributed by atoms with Gasteiger partial charge in [0.1, 0.15) is 0 Å². The van der Waals surface area contributed by atoms with E-state index in [0.29, 0.717) is 11.8 Å². The minimum atomic E-state index is 0.370. The van der Waals surface area contributed by atoms with Crippen LogP contribution in [0.1, 0.15) is 40.0 Å². The van der Waals surface area contributed by atoms with Gasteiger partial charge in [0.15, 0.2) is 0 Å². The molecule has 0 spiro atoms. The van der Waals surface area contributed by atoms with Gasteiger partial charge in [-0.05, 0) is 31.3 Å². The molecule has 2 heteroatoms. The van der Waals surface area contributed by atoms with Gasteiger partial charge >= 0.3 is 0 Å². The molecule has 70 valence electrons. The highest BCUT2D eigenvalue weighted by Crippen LogP contribution is 2.10. The molecule has 0 heterocycles. The lowest BCUT2D eigenvalue weighted by molar-refractivity contribution is 0.378. The van der Waals surface area contributed by atoms with Crippen LogP contribution in [0.25, 0.3) is 0 Å². The second kappa shape index (κ2) is 6.02. The Kier molecular flexibility index (Phi) is 5.74. The summed E-state index contributed by atoms with van der Waals surface area (Å²) < 4.78 is 0. The Morgan fingerprint density at radius 1 is 1.25 bits per heavy atom. The average Bonchev–Trinajstić information content (AvgIpc) is 1.94. The van der Waals surface area contributed by atoms with E-state index < -0.39 is 0 Å². The van der Waals surface area contributed by atoms with Crippen molar-refractivity contribution in [2.45, 2.75) is 40.0 Å². The first-order valence-corrected chi connectivity index (χ1v) is 4.64. The van der Waals surface area contributed by atoms with E-state index in [-0.39, 0.29) is 0 Å². The van der Waals surface area contributed by atoms with Gasteiger partial charge in [-0.3, -0.25) is 0 Å². The fourth-order valence-electron chi connectivity index (χ4n) is 0.917. The lowest BCUT2D eigenvalue weighted by atomic mass is 9.97. The molecule has 2 nitrogen and oxygen atoms in total. The van der Waals surface area contributed by atoms with Gasteiger partial charge in [0.05, 0.1) is 6.07 Å². The second-order valence-corrected chi connectivity index (χ2v) is 4.35. The maximum atomic E-state index is 8.28. The minimum absolute atomic E-state index is 0.370. The summed E-state index contributed by atoms with van der Waals surface area (Å²) in [5, 5.41) is 11.7. The van der Waals surface area contributed by atoms with Crippen LogP contribution in [0, 0.1) is 16.7 Å². The van der Waals surface area contributed by atoms with Crippen LogP contribution in [-0.2, 0) is 0 Å². The van der Waals surface area contributed by atoms with E-state index >= 15 is 0 Å². The zero-order valence-electron chi connectivity index (χ0n) is 8.48. The first-order chi connectivity index (χ1) is 5.56. The molecule has 0 radical (unpaired) electrons. The van der Waals surface area contributed by atoms with E-state index in [9.17, 15) is 0 Å². The van der Waals surface area contributed by atoms with E-state index in [0.717, 1.165) is 25.9 Å². The molecule has 0 aromatic rings. The van der Waals surface area contributed by atoms with E-state index in [1.54, 1.807) is 0 Å². The van der Waals surface area contributed by atoms with Gasteiger partial charge in [-0.1, -0.05) is 20.8 Å². The van der Waals surface area contributed by atoms with Gasteiger partial charge in [0.2, 0.25) is 0 Å². The fourth-order valence-corrected chi connectivity index (χ4v) is 0.917. The summed E-state index contributed by atoms with van der Waals surface area (Å²) in [5.74, 6) is 0. The predicted molar refractivity (Wildman–Crippen MR) is 51.8 cm³/mol. The van der Waals surface area contributed by atoms with Gasteiger partial charge in [0, 0.05) is 6.42 Å². The SMILES string of the molecule is CC(C)(C)CNCCCCC#N. The lowest BCUT2D eigenvalue weighted by Gasteiger charge is -2.18. The molecule has 0 aliphatic rings. The van der Waals surface area contributed by atoms with Crippen LogP contribution in [0.2, 0.25) is 0 Å². The Balaban J connectivity index is 3.07. The van der Waals surface area contributed by atoms with Crippen molar-refractivity contribution in [3.05, 3.63) is 0 Å². The highest BCUT2D eigenvalue weighted by Gasteiger charge is 2.07. The molecule has 0 amide bonds. The minimum Gasteiger partial charge on any atom is -0.316 e. The van der Waals surface area contributed by atoms with E-state index in [2.05, 4.69) is 32.2 Å². The van der Waals surface area contributed by atoms with Crippen molar-refractivity contribution in [1.29, 1.82) is 5.26 Å².